The zero-order valence-electron chi connectivity index (χ0n) is 7.95. The molecule has 0 atom stereocenters. The molecule has 1 N–H and O–H groups in total. The van der Waals surface area contributed by atoms with E-state index < -0.39 is 0 Å². The molecule has 5 heteroatoms. The van der Waals surface area contributed by atoms with Crippen molar-refractivity contribution < 1.29 is 4.74 Å². The van der Waals surface area contributed by atoms with Crippen LogP contribution in [0.25, 0.3) is 0 Å². The number of H-pyrrole nitrogens is 1. The van der Waals surface area contributed by atoms with Crippen molar-refractivity contribution in [2.24, 2.45) is 0 Å². The Morgan fingerprint density at radius 3 is 3.14 bits per heavy atom. The monoisotopic (exact) mass is 212 g/mol. The molecule has 0 bridgehead atoms. The normalized spacial score (nSPS) is 9.79. The first kappa shape index (κ1) is 10.8. The molecule has 0 aliphatic heterocycles. The van der Waals surface area contributed by atoms with Crippen LogP contribution in [0.5, 0.6) is 0 Å². The van der Waals surface area contributed by atoms with E-state index in [1.54, 1.807) is 7.11 Å². The van der Waals surface area contributed by atoms with Crippen molar-refractivity contribution >= 4 is 17.3 Å². The fraction of sp³-hybridized carbons (Fsp3) is 0.444. The van der Waals surface area contributed by atoms with Crippen LogP contribution in [0.2, 0.25) is 0 Å². The molecular formula is C9H12N2O2S. The van der Waals surface area contributed by atoms with Crippen molar-refractivity contribution in [3.8, 4) is 0 Å². The van der Waals surface area contributed by atoms with E-state index in [0.29, 0.717) is 23.7 Å². The van der Waals surface area contributed by atoms with Crippen LogP contribution < -0.4 is 5.56 Å². The van der Waals surface area contributed by atoms with Crippen LogP contribution in [0.4, 0.5) is 0 Å². The maximum absolute atomic E-state index is 10.9. The molecule has 1 aromatic rings. The van der Waals surface area contributed by atoms with E-state index in [2.05, 4.69) is 9.97 Å². The van der Waals surface area contributed by atoms with Gasteiger partial charge in [0.1, 0.15) is 5.82 Å². The summed E-state index contributed by atoms with van der Waals surface area (Å²) in [6.07, 6.45) is 3.76. The molecular weight excluding hydrogens is 200 g/mol. The molecule has 1 aromatic heterocycles. The van der Waals surface area contributed by atoms with Crippen LogP contribution in [0.15, 0.2) is 17.1 Å². The molecule has 0 aliphatic carbocycles. The number of aryl methyl sites for hydroxylation is 1. The second-order valence-corrected chi connectivity index (χ2v) is 3.27. The summed E-state index contributed by atoms with van der Waals surface area (Å²) in [6.45, 7) is 0. The largest absolute Gasteiger partial charge is 0.490 e. The van der Waals surface area contributed by atoms with E-state index >= 15 is 0 Å². The van der Waals surface area contributed by atoms with Gasteiger partial charge in [0.05, 0.1) is 7.11 Å². The lowest BCUT2D eigenvalue weighted by atomic mass is 10.2. The number of hydrogen-bond donors (Lipinski definition) is 1. The van der Waals surface area contributed by atoms with Crippen molar-refractivity contribution in [1.29, 1.82) is 0 Å². The highest BCUT2D eigenvalue weighted by Crippen LogP contribution is 1.99. The van der Waals surface area contributed by atoms with E-state index in [1.165, 1.54) is 12.3 Å². The van der Waals surface area contributed by atoms with E-state index in [4.69, 9.17) is 17.0 Å². The highest BCUT2D eigenvalue weighted by Gasteiger charge is 1.98. The SMILES string of the molecule is COC(=S)CCCc1nccc(=O)[nH]1. The first-order valence-electron chi connectivity index (χ1n) is 4.33. The molecule has 0 unspecified atom stereocenters. The number of nitrogens with zero attached hydrogens (tertiary/aromatic N) is 1. The molecule has 4 nitrogen and oxygen atoms in total. The van der Waals surface area contributed by atoms with Crippen LogP contribution in [0.3, 0.4) is 0 Å². The molecule has 76 valence electrons. The van der Waals surface area contributed by atoms with E-state index in [-0.39, 0.29) is 5.56 Å². The van der Waals surface area contributed by atoms with Crippen LogP contribution in [-0.2, 0) is 11.2 Å². The summed E-state index contributed by atoms with van der Waals surface area (Å²) < 4.78 is 4.85. The molecule has 0 spiro atoms. The van der Waals surface area contributed by atoms with Crippen molar-refractivity contribution in [3.63, 3.8) is 0 Å². The number of nitrogens with one attached hydrogen (secondary N) is 1. The fourth-order valence-corrected chi connectivity index (χ4v) is 1.18. The van der Waals surface area contributed by atoms with E-state index in [1.807, 2.05) is 0 Å². The molecule has 1 heterocycles. The third-order valence-corrected chi connectivity index (χ3v) is 2.12. The number of methoxy groups -OCH3 is 1. The lowest BCUT2D eigenvalue weighted by Gasteiger charge is -2.01. The standard InChI is InChI=1S/C9H12N2O2S/c1-13-9(14)4-2-3-7-10-6-5-8(12)11-7/h5-6H,2-4H2,1H3,(H,10,11,12). The molecule has 0 aliphatic rings. The minimum absolute atomic E-state index is 0.121. The van der Waals surface area contributed by atoms with Gasteiger partial charge in [0.25, 0.3) is 5.56 Å². The number of aromatic nitrogens is 2. The van der Waals surface area contributed by atoms with Gasteiger partial charge < -0.3 is 9.72 Å². The number of hydrogen-bond acceptors (Lipinski definition) is 4. The smallest absolute Gasteiger partial charge is 0.250 e. The highest BCUT2D eigenvalue weighted by molar-refractivity contribution is 7.80. The minimum atomic E-state index is -0.121. The third-order valence-electron chi connectivity index (χ3n) is 1.75. The Morgan fingerprint density at radius 2 is 2.50 bits per heavy atom. The van der Waals surface area contributed by atoms with Crippen LogP contribution >= 0.6 is 12.2 Å². The van der Waals surface area contributed by atoms with Crippen LogP contribution in [0.1, 0.15) is 18.7 Å². The molecule has 0 radical (unpaired) electrons. The molecule has 0 aromatic carbocycles. The fourth-order valence-electron chi connectivity index (χ4n) is 1.04. The Morgan fingerprint density at radius 1 is 1.71 bits per heavy atom. The maximum atomic E-state index is 10.9. The van der Waals surface area contributed by atoms with Crippen LogP contribution in [-0.4, -0.2) is 22.1 Å². The summed E-state index contributed by atoms with van der Waals surface area (Å²) in [6, 6.07) is 1.39. The minimum Gasteiger partial charge on any atom is -0.490 e. The van der Waals surface area contributed by atoms with Gasteiger partial charge in [0.15, 0.2) is 5.05 Å². The van der Waals surface area contributed by atoms with Crippen molar-refractivity contribution in [1.82, 2.24) is 9.97 Å². The van der Waals surface area contributed by atoms with Gasteiger partial charge >= 0.3 is 0 Å². The molecule has 0 fully saturated rings. The summed E-state index contributed by atoms with van der Waals surface area (Å²) >= 11 is 4.88. The highest BCUT2D eigenvalue weighted by atomic mass is 32.1. The van der Waals surface area contributed by atoms with Crippen LogP contribution in [0, 0.1) is 0 Å². The Kier molecular flexibility index (Phi) is 4.25. The lowest BCUT2D eigenvalue weighted by molar-refractivity contribution is 0.400. The lowest BCUT2D eigenvalue weighted by Crippen LogP contribution is -2.09. The van der Waals surface area contributed by atoms with Gasteiger partial charge in [0.2, 0.25) is 0 Å². The quantitative estimate of drug-likeness (QED) is 0.758. The van der Waals surface area contributed by atoms with Gasteiger partial charge in [0, 0.05) is 25.1 Å². The first-order valence-corrected chi connectivity index (χ1v) is 4.74. The summed E-state index contributed by atoms with van der Waals surface area (Å²) in [4.78, 5) is 17.6. The van der Waals surface area contributed by atoms with Gasteiger partial charge in [-0.1, -0.05) is 0 Å². The van der Waals surface area contributed by atoms with E-state index in [0.717, 1.165) is 6.42 Å². The third kappa shape index (κ3) is 3.66. The van der Waals surface area contributed by atoms with Gasteiger partial charge in [-0.3, -0.25) is 4.79 Å². The Hall–Kier alpha value is -1.23. The average Bonchev–Trinajstić information content (AvgIpc) is 2.17. The van der Waals surface area contributed by atoms with Crippen molar-refractivity contribution in [3.05, 3.63) is 28.4 Å². The molecule has 0 saturated carbocycles. The van der Waals surface area contributed by atoms with Crippen molar-refractivity contribution in [2.45, 2.75) is 19.3 Å². The Balaban J connectivity index is 2.39. The second-order valence-electron chi connectivity index (χ2n) is 2.81. The Labute approximate surface area is 87.3 Å². The number of ether oxygens (including phenoxy) is 1. The summed E-state index contributed by atoms with van der Waals surface area (Å²) in [5, 5.41) is 0.586. The predicted molar refractivity (Wildman–Crippen MR) is 57.4 cm³/mol. The number of rotatable bonds is 4. The summed E-state index contributed by atoms with van der Waals surface area (Å²) in [7, 11) is 1.56. The second kappa shape index (κ2) is 5.49. The zero-order chi connectivity index (χ0) is 10.4. The van der Waals surface area contributed by atoms with Gasteiger partial charge in [-0.25, -0.2) is 4.98 Å². The number of aromatic amines is 1. The Bertz CT molecular complexity index is 362. The topological polar surface area (TPSA) is 55.0 Å². The van der Waals surface area contributed by atoms with Gasteiger partial charge in [-0.05, 0) is 18.6 Å². The summed E-state index contributed by atoms with van der Waals surface area (Å²) in [5.41, 5.74) is -0.121. The van der Waals surface area contributed by atoms with Gasteiger partial charge in [-0.2, -0.15) is 0 Å². The van der Waals surface area contributed by atoms with Crippen molar-refractivity contribution in [2.75, 3.05) is 7.11 Å². The average molecular weight is 212 g/mol. The molecule has 0 amide bonds. The van der Waals surface area contributed by atoms with E-state index in [9.17, 15) is 4.79 Å². The number of thiocarbonyl (C=S) groups is 1. The zero-order valence-corrected chi connectivity index (χ0v) is 8.76. The molecule has 14 heavy (non-hydrogen) atoms. The predicted octanol–water partition coefficient (Wildman–Crippen LogP) is 1.07. The maximum Gasteiger partial charge on any atom is 0.250 e. The first-order chi connectivity index (χ1) is 6.72. The summed E-state index contributed by atoms with van der Waals surface area (Å²) in [5.74, 6) is 0.691. The van der Waals surface area contributed by atoms with Gasteiger partial charge in [-0.15, -0.1) is 0 Å². The molecule has 0 saturated heterocycles. The molecule has 1 rings (SSSR count).